The van der Waals surface area contributed by atoms with Gasteiger partial charge in [0.2, 0.25) is 0 Å². The topological polar surface area (TPSA) is 18.5 Å². The Kier molecular flexibility index (Phi) is 7.78. The summed E-state index contributed by atoms with van der Waals surface area (Å²) in [6, 6.07) is 15.2. The van der Waals surface area contributed by atoms with E-state index in [0.717, 1.165) is 11.5 Å². The number of aryl methyl sites for hydroxylation is 4. The van der Waals surface area contributed by atoms with Gasteiger partial charge in [0.1, 0.15) is 0 Å². The molecule has 2 aromatic carbocycles. The fourth-order valence-corrected chi connectivity index (χ4v) is 7.27. The molecule has 33 heavy (non-hydrogen) atoms. The summed E-state index contributed by atoms with van der Waals surface area (Å²) in [5, 5.41) is 0. The quantitative estimate of drug-likeness (QED) is 0.329. The molecule has 3 rings (SSSR count). The third kappa shape index (κ3) is 6.69. The van der Waals surface area contributed by atoms with Crippen molar-refractivity contribution >= 4 is 15.7 Å². The number of benzene rings is 2. The van der Waals surface area contributed by atoms with E-state index in [1.165, 1.54) is 37.6 Å². The Morgan fingerprint density at radius 2 is 1.15 bits per heavy atom. The van der Waals surface area contributed by atoms with Crippen molar-refractivity contribution in [1.29, 1.82) is 0 Å². The molecule has 2 nitrogen and oxygen atoms in total. The minimum atomic E-state index is -2.62. The van der Waals surface area contributed by atoms with Crippen LogP contribution in [0.4, 0.5) is 0 Å². The van der Waals surface area contributed by atoms with Crippen molar-refractivity contribution in [3.8, 4) is 11.5 Å². The molecule has 0 N–H and O–H groups in total. The van der Waals surface area contributed by atoms with Gasteiger partial charge in [0.25, 0.3) is 0 Å². The van der Waals surface area contributed by atoms with Crippen molar-refractivity contribution < 1.29 is 24.8 Å². The SMILES string of the molecule is Cc1ccc([O][Ti](=[CH]c2cc(C)sc2C)[O]c2ccc(C)cc2C(C)(C)C)c(C(C)(C)C)c1. The molecule has 0 bridgehead atoms. The second-order valence-electron chi connectivity index (χ2n) is 11.0. The number of hydrogen-bond donors (Lipinski definition) is 0. The van der Waals surface area contributed by atoms with E-state index in [9.17, 15) is 0 Å². The van der Waals surface area contributed by atoms with Gasteiger partial charge in [-0.05, 0) is 0 Å². The average molecular weight is 499 g/mol. The molecular weight excluding hydrogens is 460 g/mol. The molecule has 3 aromatic rings. The third-order valence-corrected chi connectivity index (χ3v) is 8.81. The Hall–Kier alpha value is -1.68. The van der Waals surface area contributed by atoms with Crippen LogP contribution in [-0.4, -0.2) is 4.31 Å². The summed E-state index contributed by atoms with van der Waals surface area (Å²) in [5.74, 6) is 1.88. The molecule has 0 unspecified atom stereocenters. The Bertz CT molecular complexity index is 1110. The van der Waals surface area contributed by atoms with Crippen LogP contribution in [0.25, 0.3) is 0 Å². The molecule has 1 heterocycles. The molecular formula is C29H38O2STi. The van der Waals surface area contributed by atoms with Gasteiger partial charge in [0.15, 0.2) is 0 Å². The van der Waals surface area contributed by atoms with Crippen LogP contribution >= 0.6 is 11.3 Å². The monoisotopic (exact) mass is 498 g/mol. The summed E-state index contributed by atoms with van der Waals surface area (Å²) in [7, 11) is 0. The van der Waals surface area contributed by atoms with E-state index >= 15 is 0 Å². The summed E-state index contributed by atoms with van der Waals surface area (Å²) in [6.45, 7) is 22.0. The van der Waals surface area contributed by atoms with E-state index in [2.05, 4.69) is 116 Å². The number of thiophene rings is 1. The molecule has 0 saturated carbocycles. The number of hydrogen-bond acceptors (Lipinski definition) is 3. The van der Waals surface area contributed by atoms with Crippen molar-refractivity contribution in [2.45, 2.75) is 80.1 Å². The van der Waals surface area contributed by atoms with E-state index in [1.807, 2.05) is 11.3 Å². The van der Waals surface area contributed by atoms with E-state index in [1.54, 1.807) is 0 Å². The average Bonchev–Trinajstić information content (AvgIpc) is 2.99. The van der Waals surface area contributed by atoms with Gasteiger partial charge in [-0.2, -0.15) is 0 Å². The van der Waals surface area contributed by atoms with E-state index in [0.29, 0.717) is 0 Å². The van der Waals surface area contributed by atoms with Gasteiger partial charge in [0.05, 0.1) is 0 Å². The molecule has 0 atom stereocenters. The van der Waals surface area contributed by atoms with Crippen molar-refractivity contribution in [2.24, 2.45) is 0 Å². The molecule has 0 radical (unpaired) electrons. The Morgan fingerprint density at radius 1 is 0.697 bits per heavy atom. The molecule has 0 aliphatic rings. The first-order valence-corrected chi connectivity index (χ1v) is 14.6. The molecule has 4 heteroatoms. The zero-order chi connectivity index (χ0) is 24.6. The van der Waals surface area contributed by atoms with Gasteiger partial charge < -0.3 is 0 Å². The second kappa shape index (κ2) is 9.90. The molecule has 0 amide bonds. The van der Waals surface area contributed by atoms with Crippen LogP contribution in [0.2, 0.25) is 0 Å². The first kappa shape index (κ1) is 25.9. The van der Waals surface area contributed by atoms with Crippen LogP contribution in [0, 0.1) is 27.7 Å². The fourth-order valence-electron chi connectivity index (χ4n) is 3.86. The summed E-state index contributed by atoms with van der Waals surface area (Å²) in [4.78, 5) is 2.62. The van der Waals surface area contributed by atoms with Gasteiger partial charge in [-0.1, -0.05) is 0 Å². The van der Waals surface area contributed by atoms with Gasteiger partial charge in [-0.25, -0.2) is 0 Å². The second-order valence-corrected chi connectivity index (χ2v) is 14.6. The predicted molar refractivity (Wildman–Crippen MR) is 140 cm³/mol. The molecule has 0 spiro atoms. The molecule has 0 saturated heterocycles. The summed E-state index contributed by atoms with van der Waals surface area (Å²) >= 11 is -0.797. The number of rotatable bonds is 5. The van der Waals surface area contributed by atoms with Crippen LogP contribution < -0.4 is 6.64 Å². The minimum absolute atomic E-state index is 0.0138. The molecule has 1 aromatic heterocycles. The Balaban J connectivity index is 2.12. The zero-order valence-electron chi connectivity index (χ0n) is 21.8. The predicted octanol–water partition coefficient (Wildman–Crippen LogP) is 8.33. The van der Waals surface area contributed by atoms with Crippen molar-refractivity contribution in [2.75, 3.05) is 0 Å². The van der Waals surface area contributed by atoms with Crippen molar-refractivity contribution in [3.05, 3.63) is 80.0 Å². The van der Waals surface area contributed by atoms with Gasteiger partial charge in [-0.3, -0.25) is 0 Å². The molecule has 176 valence electrons. The van der Waals surface area contributed by atoms with Crippen molar-refractivity contribution in [3.63, 3.8) is 0 Å². The summed E-state index contributed by atoms with van der Waals surface area (Å²) < 4.78 is 15.9. The summed E-state index contributed by atoms with van der Waals surface area (Å²) in [5.41, 5.74) is 6.15. The van der Waals surface area contributed by atoms with E-state index in [-0.39, 0.29) is 10.8 Å². The van der Waals surface area contributed by atoms with Crippen LogP contribution in [0.15, 0.2) is 42.5 Å². The normalized spacial score (nSPS) is 11.9. The molecule has 0 fully saturated rings. The Labute approximate surface area is 211 Å². The third-order valence-electron chi connectivity index (χ3n) is 5.66. The van der Waals surface area contributed by atoms with E-state index < -0.39 is 18.2 Å². The maximum absolute atomic E-state index is 6.79. The standard InChI is InChI=1S/2C11H16O.C7H8S.Ti/c2*1-8-5-6-10(12)9(7-8)11(2,3)4;1-5-4-6(2)8-7(5)3;/h2*5-7,12H,1-4H3;1,4H,2-3H3;/q;;;+2/p-2. The van der Waals surface area contributed by atoms with Gasteiger partial charge >= 0.3 is 212 Å². The maximum atomic E-state index is 6.79. The van der Waals surface area contributed by atoms with Gasteiger partial charge in [-0.15, -0.1) is 0 Å². The van der Waals surface area contributed by atoms with Crippen LogP contribution in [0.5, 0.6) is 11.5 Å². The Morgan fingerprint density at radius 3 is 1.52 bits per heavy atom. The molecule has 0 aliphatic heterocycles. The zero-order valence-corrected chi connectivity index (χ0v) is 24.2. The van der Waals surface area contributed by atoms with Crippen LogP contribution in [-0.2, 0) is 29.0 Å². The fraction of sp³-hybridized carbons (Fsp3) is 0.414. The van der Waals surface area contributed by atoms with Crippen LogP contribution in [0.3, 0.4) is 0 Å². The first-order valence-electron chi connectivity index (χ1n) is 11.6. The van der Waals surface area contributed by atoms with E-state index in [4.69, 9.17) is 6.64 Å². The van der Waals surface area contributed by atoms with Crippen LogP contribution in [0.1, 0.15) is 79.1 Å². The first-order chi connectivity index (χ1) is 15.2. The van der Waals surface area contributed by atoms with Gasteiger partial charge in [0, 0.05) is 0 Å². The summed E-state index contributed by atoms with van der Waals surface area (Å²) in [6.07, 6.45) is 0. The molecule has 0 aliphatic carbocycles. The van der Waals surface area contributed by atoms with Crippen molar-refractivity contribution in [1.82, 2.24) is 0 Å².